The number of alkyl halides is 3. The fourth-order valence-corrected chi connectivity index (χ4v) is 4.31. The number of carbonyl (C=O) groups is 1. The number of benzene rings is 2. The zero-order valence-corrected chi connectivity index (χ0v) is 13.9. The van der Waals surface area contributed by atoms with Gasteiger partial charge in [-0.3, -0.25) is 9.10 Å². The number of ether oxygens (including phenoxy) is 1. The lowest BCUT2D eigenvalue weighted by Gasteiger charge is -2.34. The van der Waals surface area contributed by atoms with Crippen LogP contribution in [0.1, 0.15) is 5.56 Å². The summed E-state index contributed by atoms with van der Waals surface area (Å²) in [4.78, 5) is 10.6. The number of sulfonamides is 1. The number of nitrogens with zero attached hydrogens (tertiary/aromatic N) is 1. The summed E-state index contributed by atoms with van der Waals surface area (Å²) in [7, 11) is -4.63. The van der Waals surface area contributed by atoms with Crippen LogP contribution in [0.4, 0.5) is 18.9 Å². The molecule has 0 spiro atoms. The quantitative estimate of drug-likeness (QED) is 0.875. The summed E-state index contributed by atoms with van der Waals surface area (Å²) in [6.45, 7) is -0.527. The second-order valence-electron chi connectivity index (χ2n) is 5.51. The van der Waals surface area contributed by atoms with E-state index in [1.807, 2.05) is 0 Å². The maximum absolute atomic E-state index is 13.3. The van der Waals surface area contributed by atoms with Crippen LogP contribution in [0.25, 0.3) is 0 Å². The van der Waals surface area contributed by atoms with Crippen LogP contribution in [0.3, 0.4) is 0 Å². The monoisotopic (exact) mass is 386 g/mol. The Morgan fingerprint density at radius 1 is 1.12 bits per heavy atom. The lowest BCUT2D eigenvalue weighted by molar-refractivity contribution is -0.139. The van der Waals surface area contributed by atoms with Crippen molar-refractivity contribution < 1.29 is 31.1 Å². The fraction of sp³-hybridized carbons (Fsp3) is 0.188. The first-order valence-corrected chi connectivity index (χ1v) is 8.80. The van der Waals surface area contributed by atoms with E-state index in [9.17, 15) is 26.4 Å². The van der Waals surface area contributed by atoms with E-state index >= 15 is 0 Å². The van der Waals surface area contributed by atoms with Crippen LogP contribution in [0.15, 0.2) is 53.4 Å². The van der Waals surface area contributed by atoms with Gasteiger partial charge in [0.05, 0.1) is 22.7 Å². The number of nitrogens with two attached hydrogens (primary N) is 1. The summed E-state index contributed by atoms with van der Waals surface area (Å²) in [6.07, 6.45) is -6.18. The van der Waals surface area contributed by atoms with E-state index in [4.69, 9.17) is 10.5 Å². The Morgan fingerprint density at radius 2 is 1.73 bits per heavy atom. The van der Waals surface area contributed by atoms with Crippen LogP contribution in [0.5, 0.6) is 5.75 Å². The first kappa shape index (κ1) is 18.1. The molecular weight excluding hydrogens is 373 g/mol. The number of para-hydroxylation sites is 2. The molecule has 0 aliphatic carbocycles. The van der Waals surface area contributed by atoms with Crippen LogP contribution in [0, 0.1) is 0 Å². The van der Waals surface area contributed by atoms with Gasteiger partial charge in [0.1, 0.15) is 5.75 Å². The Labute approximate surface area is 147 Å². The molecule has 2 aromatic carbocycles. The first-order valence-electron chi connectivity index (χ1n) is 7.36. The predicted octanol–water partition coefficient (Wildman–Crippen LogP) is 2.15. The molecule has 1 aliphatic heterocycles. The van der Waals surface area contributed by atoms with Gasteiger partial charge < -0.3 is 10.5 Å². The van der Waals surface area contributed by atoms with Gasteiger partial charge in [0.2, 0.25) is 0 Å². The van der Waals surface area contributed by atoms with E-state index in [1.54, 1.807) is 0 Å². The van der Waals surface area contributed by atoms with Crippen molar-refractivity contribution in [2.24, 2.45) is 5.73 Å². The molecule has 0 fully saturated rings. The lowest BCUT2D eigenvalue weighted by Crippen LogP contribution is -2.49. The minimum atomic E-state index is -4.86. The molecular formula is C16H13F3N2O4S. The van der Waals surface area contributed by atoms with Gasteiger partial charge in [0.15, 0.2) is 6.10 Å². The van der Waals surface area contributed by atoms with Gasteiger partial charge in [-0.25, -0.2) is 8.42 Å². The molecule has 2 aromatic rings. The summed E-state index contributed by atoms with van der Waals surface area (Å²) in [5.74, 6) is -0.889. The molecule has 3 rings (SSSR count). The number of rotatable bonds is 3. The molecule has 0 aromatic heterocycles. The Bertz CT molecular complexity index is 960. The van der Waals surface area contributed by atoms with E-state index in [2.05, 4.69) is 0 Å². The van der Waals surface area contributed by atoms with Gasteiger partial charge >= 0.3 is 6.18 Å². The first-order chi connectivity index (χ1) is 12.1. The van der Waals surface area contributed by atoms with Gasteiger partial charge in [-0.1, -0.05) is 24.3 Å². The van der Waals surface area contributed by atoms with Crippen molar-refractivity contribution in [1.29, 1.82) is 0 Å². The number of hydrogen-bond donors (Lipinski definition) is 1. The van der Waals surface area contributed by atoms with Crippen molar-refractivity contribution >= 4 is 21.6 Å². The third-order valence-electron chi connectivity index (χ3n) is 3.81. The van der Waals surface area contributed by atoms with Gasteiger partial charge in [0, 0.05) is 0 Å². The van der Waals surface area contributed by atoms with E-state index < -0.39 is 45.2 Å². The highest BCUT2D eigenvalue weighted by Crippen LogP contribution is 2.40. The average molecular weight is 386 g/mol. The zero-order chi connectivity index (χ0) is 19.1. The van der Waals surface area contributed by atoms with Crippen LogP contribution < -0.4 is 14.8 Å². The molecule has 0 unspecified atom stereocenters. The third-order valence-corrected chi connectivity index (χ3v) is 5.65. The normalized spacial score (nSPS) is 17.3. The number of hydrogen-bond acceptors (Lipinski definition) is 4. The summed E-state index contributed by atoms with van der Waals surface area (Å²) in [5.41, 5.74) is 3.94. The maximum Gasteiger partial charge on any atom is 0.417 e. The van der Waals surface area contributed by atoms with Crippen LogP contribution >= 0.6 is 0 Å². The van der Waals surface area contributed by atoms with Crippen molar-refractivity contribution in [2.45, 2.75) is 17.2 Å². The van der Waals surface area contributed by atoms with Gasteiger partial charge in [-0.2, -0.15) is 13.2 Å². The molecule has 138 valence electrons. The molecule has 1 atom stereocenters. The Kier molecular flexibility index (Phi) is 4.31. The molecule has 1 heterocycles. The summed E-state index contributed by atoms with van der Waals surface area (Å²) >= 11 is 0. The topological polar surface area (TPSA) is 89.7 Å². The summed E-state index contributed by atoms with van der Waals surface area (Å²) in [6, 6.07) is 9.67. The third kappa shape index (κ3) is 3.07. The van der Waals surface area contributed by atoms with Crippen LogP contribution in [0.2, 0.25) is 0 Å². The van der Waals surface area contributed by atoms with Gasteiger partial charge in [-0.05, 0) is 24.3 Å². The standard InChI is InChI=1S/C16H13F3N2O4S/c17-16(18,19)10-5-1-4-8-14(10)26(23,24)21-9-13(15(20)22)25-12-7-3-2-6-11(12)21/h1-8,13H,9H2,(H2,20,22)/t13-/m1/s1. The number of halogens is 3. The largest absolute Gasteiger partial charge is 0.476 e. The number of primary amides is 1. The van der Waals surface area contributed by atoms with E-state index in [0.717, 1.165) is 12.1 Å². The fourth-order valence-electron chi connectivity index (χ4n) is 2.62. The Hall–Kier alpha value is -2.75. The van der Waals surface area contributed by atoms with Crippen LogP contribution in [-0.4, -0.2) is 27.0 Å². The number of carbonyl (C=O) groups excluding carboxylic acids is 1. The summed E-state index contributed by atoms with van der Waals surface area (Å²) in [5, 5.41) is 0. The molecule has 1 aliphatic rings. The SMILES string of the molecule is NC(=O)[C@H]1CN(S(=O)(=O)c2ccccc2C(F)(F)F)c2ccccc2O1. The molecule has 10 heteroatoms. The number of fused-ring (bicyclic) bond motifs is 1. The lowest BCUT2D eigenvalue weighted by atomic mass is 10.2. The maximum atomic E-state index is 13.3. The number of anilines is 1. The molecule has 2 N–H and O–H groups in total. The van der Waals surface area contributed by atoms with Crippen molar-refractivity contribution in [3.05, 3.63) is 54.1 Å². The van der Waals surface area contributed by atoms with Gasteiger partial charge in [-0.15, -0.1) is 0 Å². The molecule has 1 amide bonds. The van der Waals surface area contributed by atoms with E-state index in [1.165, 1.54) is 30.3 Å². The van der Waals surface area contributed by atoms with E-state index in [0.29, 0.717) is 10.4 Å². The highest BCUT2D eigenvalue weighted by atomic mass is 32.2. The zero-order valence-electron chi connectivity index (χ0n) is 13.1. The highest BCUT2D eigenvalue weighted by Gasteiger charge is 2.42. The second kappa shape index (κ2) is 6.20. The smallest absolute Gasteiger partial charge is 0.417 e. The average Bonchev–Trinajstić information content (AvgIpc) is 2.60. The molecule has 0 saturated carbocycles. The van der Waals surface area contributed by atoms with Crippen molar-refractivity contribution in [2.75, 3.05) is 10.8 Å². The summed E-state index contributed by atoms with van der Waals surface area (Å²) < 4.78 is 71.9. The number of amides is 1. The molecule has 6 nitrogen and oxygen atoms in total. The molecule has 0 radical (unpaired) electrons. The van der Waals surface area contributed by atoms with Crippen molar-refractivity contribution in [3.63, 3.8) is 0 Å². The highest BCUT2D eigenvalue weighted by molar-refractivity contribution is 7.93. The minimum Gasteiger partial charge on any atom is -0.476 e. The van der Waals surface area contributed by atoms with E-state index in [-0.39, 0.29) is 11.4 Å². The Morgan fingerprint density at radius 3 is 2.38 bits per heavy atom. The molecule has 26 heavy (non-hydrogen) atoms. The molecule has 0 bridgehead atoms. The molecule has 0 saturated heterocycles. The Balaban J connectivity index is 2.18. The minimum absolute atomic E-state index is 0.0296. The van der Waals surface area contributed by atoms with Gasteiger partial charge in [0.25, 0.3) is 15.9 Å². The predicted molar refractivity (Wildman–Crippen MR) is 86.0 cm³/mol. The van der Waals surface area contributed by atoms with Crippen molar-refractivity contribution in [3.8, 4) is 5.75 Å². The van der Waals surface area contributed by atoms with Crippen LogP contribution in [-0.2, 0) is 21.0 Å². The second-order valence-corrected chi connectivity index (χ2v) is 7.34. The van der Waals surface area contributed by atoms with Crippen molar-refractivity contribution in [1.82, 2.24) is 0 Å².